The van der Waals surface area contributed by atoms with Crippen LogP contribution in [0.3, 0.4) is 0 Å². The number of halogens is 6. The number of rotatable bonds is 5. The number of carbonyl (C=O) groups is 2. The number of hydrogen-bond donors (Lipinski definition) is 1. The van der Waals surface area contributed by atoms with Gasteiger partial charge in [0.25, 0.3) is 5.91 Å². The summed E-state index contributed by atoms with van der Waals surface area (Å²) in [7, 11) is 0. The summed E-state index contributed by atoms with van der Waals surface area (Å²) < 4.78 is 78.4. The number of para-hydroxylation sites is 1. The Hall–Kier alpha value is -3.08. The number of urea groups is 1. The second kappa shape index (κ2) is 8.08. The molecule has 0 aliphatic heterocycles. The molecular weight excluding hydrogens is 382 g/mol. The van der Waals surface area contributed by atoms with Gasteiger partial charge in [0.2, 0.25) is 0 Å². The molecule has 0 spiro atoms. The lowest BCUT2D eigenvalue weighted by Crippen LogP contribution is -2.48. The maximum Gasteiger partial charge on any atom is 0.437 e. The number of anilines is 1. The standard InChI is InChI=1S/C16H10F6N2O3/c17-10-7-4-8-11(18)12(10)13(25)23-15(26)24(9-5-2-1-3-6-9)27-16(21,22)14(19)20/h1-8,14H,(H,23,25,26). The fourth-order valence-electron chi connectivity index (χ4n) is 1.86. The van der Waals surface area contributed by atoms with E-state index in [0.717, 1.165) is 30.3 Å². The number of hydroxylamine groups is 1. The zero-order valence-electron chi connectivity index (χ0n) is 13.1. The molecule has 27 heavy (non-hydrogen) atoms. The molecule has 2 rings (SSSR count). The molecular formula is C16H10F6N2O3. The highest BCUT2D eigenvalue weighted by molar-refractivity contribution is 6.08. The first-order valence-electron chi connectivity index (χ1n) is 7.13. The van der Waals surface area contributed by atoms with Crippen molar-refractivity contribution in [2.45, 2.75) is 12.5 Å². The average Bonchev–Trinajstić information content (AvgIpc) is 2.60. The number of amides is 3. The summed E-state index contributed by atoms with van der Waals surface area (Å²) in [5.74, 6) is -4.28. The fourth-order valence-corrected chi connectivity index (χ4v) is 1.86. The molecule has 11 heteroatoms. The van der Waals surface area contributed by atoms with E-state index in [1.165, 1.54) is 23.5 Å². The maximum atomic E-state index is 13.6. The van der Waals surface area contributed by atoms with Gasteiger partial charge in [-0.2, -0.15) is 18.7 Å². The van der Waals surface area contributed by atoms with Crippen molar-refractivity contribution < 1.29 is 40.8 Å². The summed E-state index contributed by atoms with van der Waals surface area (Å²) >= 11 is 0. The Balaban J connectivity index is 2.30. The summed E-state index contributed by atoms with van der Waals surface area (Å²) in [5, 5.41) is 1.09. The van der Waals surface area contributed by atoms with Crippen molar-refractivity contribution in [1.29, 1.82) is 0 Å². The molecule has 2 aromatic carbocycles. The third-order valence-electron chi connectivity index (χ3n) is 3.05. The van der Waals surface area contributed by atoms with Gasteiger partial charge < -0.3 is 0 Å². The molecule has 2 aromatic rings. The van der Waals surface area contributed by atoms with Crippen LogP contribution in [0, 0.1) is 11.6 Å². The summed E-state index contributed by atoms with van der Waals surface area (Å²) in [6.45, 7) is 0. The van der Waals surface area contributed by atoms with Crippen LogP contribution in [-0.2, 0) is 4.84 Å². The predicted molar refractivity (Wildman–Crippen MR) is 80.2 cm³/mol. The fraction of sp³-hybridized carbons (Fsp3) is 0.125. The Kier molecular flexibility index (Phi) is 6.05. The molecule has 1 N–H and O–H groups in total. The molecule has 0 aliphatic rings. The Labute approximate surface area is 148 Å². The molecule has 0 saturated heterocycles. The van der Waals surface area contributed by atoms with E-state index in [1.54, 1.807) is 0 Å². The van der Waals surface area contributed by atoms with Crippen molar-refractivity contribution in [3.05, 3.63) is 65.7 Å². The van der Waals surface area contributed by atoms with Crippen LogP contribution in [0.2, 0.25) is 0 Å². The molecule has 0 fully saturated rings. The number of hydrogen-bond acceptors (Lipinski definition) is 3. The van der Waals surface area contributed by atoms with Gasteiger partial charge in [-0.3, -0.25) is 10.1 Å². The third kappa shape index (κ3) is 4.76. The zero-order chi connectivity index (χ0) is 20.2. The van der Waals surface area contributed by atoms with Gasteiger partial charge in [0.15, 0.2) is 0 Å². The molecule has 0 aromatic heterocycles. The largest absolute Gasteiger partial charge is 0.437 e. The van der Waals surface area contributed by atoms with E-state index < -0.39 is 47.4 Å². The van der Waals surface area contributed by atoms with E-state index in [-0.39, 0.29) is 5.06 Å². The van der Waals surface area contributed by atoms with Crippen LogP contribution in [-0.4, -0.2) is 24.5 Å². The van der Waals surface area contributed by atoms with Crippen LogP contribution in [0.15, 0.2) is 48.5 Å². The first-order valence-corrected chi connectivity index (χ1v) is 7.13. The van der Waals surface area contributed by atoms with Crippen LogP contribution >= 0.6 is 0 Å². The number of alkyl halides is 4. The molecule has 0 saturated carbocycles. The highest BCUT2D eigenvalue weighted by Crippen LogP contribution is 2.28. The predicted octanol–water partition coefficient (Wildman–Crippen LogP) is 4.11. The van der Waals surface area contributed by atoms with Gasteiger partial charge in [-0.1, -0.05) is 24.3 Å². The smallest absolute Gasteiger partial charge is 0.272 e. The Morgan fingerprint density at radius 3 is 2.04 bits per heavy atom. The lowest BCUT2D eigenvalue weighted by molar-refractivity contribution is -0.300. The number of nitrogens with zero attached hydrogens (tertiary/aromatic N) is 1. The van der Waals surface area contributed by atoms with Crippen molar-refractivity contribution in [2.75, 3.05) is 5.06 Å². The second-order valence-corrected chi connectivity index (χ2v) is 4.94. The van der Waals surface area contributed by atoms with Gasteiger partial charge >= 0.3 is 18.6 Å². The lowest BCUT2D eigenvalue weighted by atomic mass is 10.2. The van der Waals surface area contributed by atoms with Crippen molar-refractivity contribution >= 4 is 17.6 Å². The van der Waals surface area contributed by atoms with E-state index >= 15 is 0 Å². The molecule has 0 aliphatic carbocycles. The second-order valence-electron chi connectivity index (χ2n) is 4.94. The SMILES string of the molecule is O=C(NC(=O)N(OC(F)(F)C(F)F)c1ccccc1)c1c(F)cccc1F. The van der Waals surface area contributed by atoms with Gasteiger partial charge in [-0.15, -0.1) is 0 Å². The first kappa shape index (κ1) is 20.2. The van der Waals surface area contributed by atoms with E-state index in [2.05, 4.69) is 4.84 Å². The topological polar surface area (TPSA) is 58.6 Å². The quantitative estimate of drug-likeness (QED) is 0.616. The van der Waals surface area contributed by atoms with Crippen LogP contribution in [0.5, 0.6) is 0 Å². The van der Waals surface area contributed by atoms with Gasteiger partial charge in [0.1, 0.15) is 17.2 Å². The minimum Gasteiger partial charge on any atom is -0.272 e. The van der Waals surface area contributed by atoms with E-state index in [1.807, 2.05) is 0 Å². The van der Waals surface area contributed by atoms with E-state index in [0.29, 0.717) is 0 Å². The highest BCUT2D eigenvalue weighted by Gasteiger charge is 2.46. The van der Waals surface area contributed by atoms with Crippen molar-refractivity contribution in [3.8, 4) is 0 Å². The number of carbonyl (C=O) groups excluding carboxylic acids is 2. The molecule has 3 amide bonds. The molecule has 0 bridgehead atoms. The van der Waals surface area contributed by atoms with E-state index in [4.69, 9.17) is 0 Å². The number of nitrogens with one attached hydrogen (secondary N) is 1. The zero-order valence-corrected chi connectivity index (χ0v) is 13.1. The summed E-state index contributed by atoms with van der Waals surface area (Å²) in [6, 6.07) is 6.64. The summed E-state index contributed by atoms with van der Waals surface area (Å²) in [6.07, 6.45) is -9.38. The van der Waals surface area contributed by atoms with Gasteiger partial charge in [-0.25, -0.2) is 22.4 Å². The Morgan fingerprint density at radius 1 is 0.963 bits per heavy atom. The van der Waals surface area contributed by atoms with Crippen molar-refractivity contribution in [2.24, 2.45) is 0 Å². The molecule has 0 radical (unpaired) electrons. The molecule has 144 valence electrons. The third-order valence-corrected chi connectivity index (χ3v) is 3.05. The molecule has 5 nitrogen and oxygen atoms in total. The van der Waals surface area contributed by atoms with Gasteiger partial charge in [-0.05, 0) is 24.3 Å². The normalized spacial score (nSPS) is 11.4. The summed E-state index contributed by atoms with van der Waals surface area (Å²) in [5.41, 5.74) is -1.61. The Morgan fingerprint density at radius 2 is 1.52 bits per heavy atom. The van der Waals surface area contributed by atoms with E-state index in [9.17, 15) is 35.9 Å². The maximum absolute atomic E-state index is 13.6. The molecule has 0 unspecified atom stereocenters. The van der Waals surface area contributed by atoms with Crippen LogP contribution in [0.4, 0.5) is 36.8 Å². The van der Waals surface area contributed by atoms with Crippen LogP contribution in [0.25, 0.3) is 0 Å². The average molecular weight is 392 g/mol. The first-order chi connectivity index (χ1) is 12.6. The lowest BCUT2D eigenvalue weighted by Gasteiger charge is -2.26. The van der Waals surface area contributed by atoms with Crippen LogP contribution in [0.1, 0.15) is 10.4 Å². The monoisotopic (exact) mass is 392 g/mol. The minimum atomic E-state index is -5.08. The molecule has 0 atom stereocenters. The number of benzene rings is 2. The summed E-state index contributed by atoms with van der Waals surface area (Å²) in [4.78, 5) is 27.7. The van der Waals surface area contributed by atoms with Crippen molar-refractivity contribution in [1.82, 2.24) is 5.32 Å². The minimum absolute atomic E-state index is 0.317. The van der Waals surface area contributed by atoms with Crippen molar-refractivity contribution in [3.63, 3.8) is 0 Å². The van der Waals surface area contributed by atoms with Gasteiger partial charge in [0.05, 0.1) is 5.69 Å². The van der Waals surface area contributed by atoms with Gasteiger partial charge in [0, 0.05) is 0 Å². The number of imide groups is 1. The van der Waals surface area contributed by atoms with Crippen LogP contribution < -0.4 is 10.4 Å². The molecule has 0 heterocycles. The Bertz CT molecular complexity index is 812. The highest BCUT2D eigenvalue weighted by atomic mass is 19.3.